The lowest BCUT2D eigenvalue weighted by molar-refractivity contribution is -0.135. The van der Waals surface area contributed by atoms with Gasteiger partial charge in [0.1, 0.15) is 0 Å². The Hall–Kier alpha value is -0.830. The standard InChI is InChI=1S/C13H22N2O/c1-10-6-5-9-15(11-7-3-4-8-11)13(16)12(10)14-2/h3,7,10-12,14H,4-6,8-9H2,1-2H3. The number of allylic oxidation sites excluding steroid dienone is 1. The molecule has 0 spiro atoms. The zero-order valence-corrected chi connectivity index (χ0v) is 10.3. The minimum absolute atomic E-state index is 0.0106. The zero-order valence-electron chi connectivity index (χ0n) is 10.3. The van der Waals surface area contributed by atoms with Gasteiger partial charge in [0.15, 0.2) is 0 Å². The molecule has 1 saturated heterocycles. The molecule has 3 nitrogen and oxygen atoms in total. The Labute approximate surface area is 97.9 Å². The van der Waals surface area contributed by atoms with Crippen molar-refractivity contribution in [2.75, 3.05) is 13.6 Å². The minimum Gasteiger partial charge on any atom is -0.335 e. The molecule has 2 aliphatic rings. The summed E-state index contributed by atoms with van der Waals surface area (Å²) in [5, 5.41) is 3.18. The molecular weight excluding hydrogens is 200 g/mol. The Morgan fingerprint density at radius 2 is 2.25 bits per heavy atom. The van der Waals surface area contributed by atoms with Crippen LogP contribution in [0.1, 0.15) is 32.6 Å². The summed E-state index contributed by atoms with van der Waals surface area (Å²) in [5.74, 6) is 0.747. The Morgan fingerprint density at radius 1 is 1.44 bits per heavy atom. The van der Waals surface area contributed by atoms with E-state index < -0.39 is 0 Å². The quantitative estimate of drug-likeness (QED) is 0.719. The second kappa shape index (κ2) is 5.00. The van der Waals surface area contributed by atoms with E-state index in [2.05, 4.69) is 29.3 Å². The topological polar surface area (TPSA) is 32.3 Å². The van der Waals surface area contributed by atoms with Crippen molar-refractivity contribution >= 4 is 5.91 Å². The van der Waals surface area contributed by atoms with Crippen molar-refractivity contribution in [2.24, 2.45) is 5.92 Å². The second-order valence-corrected chi connectivity index (χ2v) is 4.99. The normalized spacial score (nSPS) is 35.5. The molecule has 1 amide bonds. The van der Waals surface area contributed by atoms with E-state index in [1.807, 2.05) is 7.05 Å². The number of nitrogens with zero attached hydrogens (tertiary/aromatic N) is 1. The average molecular weight is 222 g/mol. The monoisotopic (exact) mass is 222 g/mol. The highest BCUT2D eigenvalue weighted by Gasteiger charge is 2.33. The maximum atomic E-state index is 12.4. The van der Waals surface area contributed by atoms with Crippen LogP contribution in [0.2, 0.25) is 0 Å². The van der Waals surface area contributed by atoms with Gasteiger partial charge in [-0.2, -0.15) is 0 Å². The second-order valence-electron chi connectivity index (χ2n) is 4.99. The highest BCUT2D eigenvalue weighted by atomic mass is 16.2. The van der Waals surface area contributed by atoms with Crippen LogP contribution in [-0.4, -0.2) is 36.5 Å². The molecule has 90 valence electrons. The highest BCUT2D eigenvalue weighted by Crippen LogP contribution is 2.24. The van der Waals surface area contributed by atoms with Gasteiger partial charge >= 0.3 is 0 Å². The van der Waals surface area contributed by atoms with Crippen molar-refractivity contribution < 1.29 is 4.79 Å². The molecule has 0 radical (unpaired) electrons. The van der Waals surface area contributed by atoms with Gasteiger partial charge in [-0.1, -0.05) is 19.1 Å². The Kier molecular flexibility index (Phi) is 3.64. The molecule has 1 aliphatic heterocycles. The number of hydrogen-bond acceptors (Lipinski definition) is 2. The summed E-state index contributed by atoms with van der Waals surface area (Å²) in [5.41, 5.74) is 0. The molecule has 1 heterocycles. The van der Waals surface area contributed by atoms with Crippen molar-refractivity contribution in [1.29, 1.82) is 0 Å². The predicted octanol–water partition coefficient (Wildman–Crippen LogP) is 1.55. The number of likely N-dealkylation sites (N-methyl/N-ethyl adjacent to an activating group) is 1. The number of rotatable bonds is 2. The highest BCUT2D eigenvalue weighted by molar-refractivity contribution is 5.83. The summed E-state index contributed by atoms with van der Waals surface area (Å²) in [6, 6.07) is 0.366. The number of carbonyl (C=O) groups is 1. The number of likely N-dealkylation sites (tertiary alicyclic amines) is 1. The first-order chi connectivity index (χ1) is 7.74. The number of carbonyl (C=O) groups excluding carboxylic acids is 1. The number of nitrogens with one attached hydrogen (secondary N) is 1. The largest absolute Gasteiger partial charge is 0.335 e. The van der Waals surface area contributed by atoms with Gasteiger partial charge in [-0.15, -0.1) is 0 Å². The molecular formula is C13H22N2O. The Bertz CT molecular complexity index is 288. The van der Waals surface area contributed by atoms with E-state index in [1.54, 1.807) is 0 Å². The van der Waals surface area contributed by atoms with E-state index in [-0.39, 0.29) is 6.04 Å². The van der Waals surface area contributed by atoms with Crippen LogP contribution in [0.5, 0.6) is 0 Å². The van der Waals surface area contributed by atoms with Crippen LogP contribution in [-0.2, 0) is 4.79 Å². The zero-order chi connectivity index (χ0) is 11.5. The fraction of sp³-hybridized carbons (Fsp3) is 0.769. The molecule has 0 aromatic rings. The summed E-state index contributed by atoms with van der Waals surface area (Å²) in [6.07, 6.45) is 8.89. The van der Waals surface area contributed by atoms with E-state index in [4.69, 9.17) is 0 Å². The van der Waals surface area contributed by atoms with Gasteiger partial charge in [0, 0.05) is 6.54 Å². The lowest BCUT2D eigenvalue weighted by Gasteiger charge is -2.30. The third-order valence-electron chi connectivity index (χ3n) is 3.88. The van der Waals surface area contributed by atoms with Crippen LogP contribution >= 0.6 is 0 Å². The van der Waals surface area contributed by atoms with Crippen molar-refractivity contribution in [3.63, 3.8) is 0 Å². The summed E-state index contributed by atoms with van der Waals surface area (Å²) < 4.78 is 0. The minimum atomic E-state index is 0.0106. The molecule has 3 unspecified atom stereocenters. The molecule has 16 heavy (non-hydrogen) atoms. The molecule has 1 aliphatic carbocycles. The lowest BCUT2D eigenvalue weighted by Crippen LogP contribution is -2.49. The SMILES string of the molecule is CNC1C(=O)N(C2C=CCC2)CCCC1C. The maximum Gasteiger partial charge on any atom is 0.240 e. The van der Waals surface area contributed by atoms with Crippen molar-refractivity contribution in [1.82, 2.24) is 10.2 Å². The summed E-state index contributed by atoms with van der Waals surface area (Å²) in [4.78, 5) is 14.5. The summed E-state index contributed by atoms with van der Waals surface area (Å²) in [6.45, 7) is 3.10. The van der Waals surface area contributed by atoms with Gasteiger partial charge in [-0.25, -0.2) is 0 Å². The van der Waals surface area contributed by atoms with Gasteiger partial charge in [0.25, 0.3) is 0 Å². The molecule has 3 heteroatoms. The van der Waals surface area contributed by atoms with Crippen LogP contribution < -0.4 is 5.32 Å². The van der Waals surface area contributed by atoms with Gasteiger partial charge in [0.05, 0.1) is 12.1 Å². The van der Waals surface area contributed by atoms with Gasteiger partial charge in [-0.3, -0.25) is 4.79 Å². The van der Waals surface area contributed by atoms with Crippen LogP contribution in [0.25, 0.3) is 0 Å². The van der Waals surface area contributed by atoms with Crippen LogP contribution in [0.4, 0.5) is 0 Å². The van der Waals surface area contributed by atoms with Gasteiger partial charge < -0.3 is 10.2 Å². The van der Waals surface area contributed by atoms with Gasteiger partial charge in [0.2, 0.25) is 5.91 Å². The third kappa shape index (κ3) is 2.14. The first-order valence-corrected chi connectivity index (χ1v) is 6.38. The third-order valence-corrected chi connectivity index (χ3v) is 3.88. The molecule has 0 bridgehead atoms. The molecule has 2 rings (SSSR count). The molecule has 1 fully saturated rings. The first-order valence-electron chi connectivity index (χ1n) is 6.38. The molecule has 1 N–H and O–H groups in total. The van der Waals surface area contributed by atoms with Crippen molar-refractivity contribution in [3.8, 4) is 0 Å². The molecule has 0 aromatic carbocycles. The van der Waals surface area contributed by atoms with Crippen LogP contribution in [0.15, 0.2) is 12.2 Å². The van der Waals surface area contributed by atoms with E-state index in [1.165, 1.54) is 0 Å². The summed E-state index contributed by atoms with van der Waals surface area (Å²) in [7, 11) is 1.90. The Morgan fingerprint density at radius 3 is 2.88 bits per heavy atom. The van der Waals surface area contributed by atoms with E-state index in [0.717, 1.165) is 32.2 Å². The molecule has 0 saturated carbocycles. The van der Waals surface area contributed by atoms with Crippen molar-refractivity contribution in [2.45, 2.75) is 44.7 Å². The van der Waals surface area contributed by atoms with Crippen molar-refractivity contribution in [3.05, 3.63) is 12.2 Å². The van der Waals surface area contributed by atoms with Gasteiger partial charge in [-0.05, 0) is 38.6 Å². The predicted molar refractivity (Wildman–Crippen MR) is 65.1 cm³/mol. The maximum absolute atomic E-state index is 12.4. The van der Waals surface area contributed by atoms with Crippen LogP contribution in [0, 0.1) is 5.92 Å². The molecule has 3 atom stereocenters. The fourth-order valence-corrected chi connectivity index (χ4v) is 2.90. The summed E-state index contributed by atoms with van der Waals surface area (Å²) >= 11 is 0. The number of hydrogen-bond donors (Lipinski definition) is 1. The Balaban J connectivity index is 2.12. The smallest absolute Gasteiger partial charge is 0.240 e. The first kappa shape index (κ1) is 11.6. The fourth-order valence-electron chi connectivity index (χ4n) is 2.90. The molecule has 0 aromatic heterocycles. The van der Waals surface area contributed by atoms with E-state index in [9.17, 15) is 4.79 Å². The van der Waals surface area contributed by atoms with E-state index >= 15 is 0 Å². The van der Waals surface area contributed by atoms with Crippen LogP contribution in [0.3, 0.4) is 0 Å². The van der Waals surface area contributed by atoms with E-state index in [0.29, 0.717) is 17.9 Å². The lowest BCUT2D eigenvalue weighted by atomic mass is 9.97. The number of amides is 1. The average Bonchev–Trinajstić information content (AvgIpc) is 2.74.